The van der Waals surface area contributed by atoms with E-state index in [2.05, 4.69) is 19.1 Å². The number of hydrogen-bond donors (Lipinski definition) is 0. The molecule has 104 valence electrons. The molecule has 0 heterocycles. The average Bonchev–Trinajstić information content (AvgIpc) is 2.47. The Morgan fingerprint density at radius 2 is 1.65 bits per heavy atom. The van der Waals surface area contributed by atoms with Crippen molar-refractivity contribution in [1.29, 1.82) is 10.5 Å². The van der Waals surface area contributed by atoms with Gasteiger partial charge in [-0.2, -0.15) is 10.5 Å². The van der Waals surface area contributed by atoms with Gasteiger partial charge < -0.3 is 4.74 Å². The first-order valence-electron chi connectivity index (χ1n) is 6.59. The van der Waals surface area contributed by atoms with E-state index in [1.165, 1.54) is 11.1 Å². The monoisotopic (exact) mass is 268 g/mol. The number of allylic oxidation sites excluding steroid dienone is 2. The molecule has 1 aromatic rings. The van der Waals surface area contributed by atoms with Crippen molar-refractivity contribution in [2.24, 2.45) is 5.92 Å². The van der Waals surface area contributed by atoms with E-state index in [0.29, 0.717) is 0 Å². The number of nitriles is 2. The molecule has 3 heteroatoms. The van der Waals surface area contributed by atoms with Gasteiger partial charge in [0.05, 0.1) is 19.2 Å². The number of rotatable bonds is 5. The fraction of sp³-hybridized carbons (Fsp3) is 0.412. The van der Waals surface area contributed by atoms with Crippen LogP contribution in [-0.2, 0) is 0 Å². The second-order valence-corrected chi connectivity index (χ2v) is 5.10. The van der Waals surface area contributed by atoms with E-state index in [9.17, 15) is 10.5 Å². The summed E-state index contributed by atoms with van der Waals surface area (Å²) in [6.07, 6.45) is 0.723. The van der Waals surface area contributed by atoms with Gasteiger partial charge in [0, 0.05) is 5.92 Å². The van der Waals surface area contributed by atoms with E-state index in [0.717, 1.165) is 17.7 Å². The standard InChI is InChI=1S/C17H20N2O/c1-12(2)13(3)9-17(15(10-18)11-19)14-5-7-16(20-4)8-6-14/h5-8,15,17H,9H2,1-4H3/t17-/m1/s1. The Hall–Kier alpha value is -2.26. The summed E-state index contributed by atoms with van der Waals surface area (Å²) in [5.41, 5.74) is 3.46. The quantitative estimate of drug-likeness (QED) is 0.752. The second-order valence-electron chi connectivity index (χ2n) is 5.10. The maximum Gasteiger partial charge on any atom is 0.140 e. The van der Waals surface area contributed by atoms with Crippen LogP contribution in [0.3, 0.4) is 0 Å². The Balaban J connectivity index is 3.13. The van der Waals surface area contributed by atoms with Gasteiger partial charge in [0.2, 0.25) is 0 Å². The molecule has 1 rings (SSSR count). The highest BCUT2D eigenvalue weighted by molar-refractivity contribution is 5.33. The predicted molar refractivity (Wildman–Crippen MR) is 79.1 cm³/mol. The summed E-state index contributed by atoms with van der Waals surface area (Å²) in [7, 11) is 1.62. The van der Waals surface area contributed by atoms with E-state index in [-0.39, 0.29) is 5.92 Å². The summed E-state index contributed by atoms with van der Waals surface area (Å²) in [6, 6.07) is 11.8. The number of hydrogen-bond acceptors (Lipinski definition) is 3. The van der Waals surface area contributed by atoms with Crippen LogP contribution in [0, 0.1) is 28.6 Å². The van der Waals surface area contributed by atoms with Gasteiger partial charge in [-0.3, -0.25) is 0 Å². The van der Waals surface area contributed by atoms with Gasteiger partial charge in [-0.15, -0.1) is 0 Å². The number of methoxy groups -OCH3 is 1. The van der Waals surface area contributed by atoms with Crippen molar-refractivity contribution in [3.63, 3.8) is 0 Å². The van der Waals surface area contributed by atoms with Gasteiger partial charge >= 0.3 is 0 Å². The van der Waals surface area contributed by atoms with Crippen molar-refractivity contribution >= 4 is 0 Å². The fourth-order valence-corrected chi connectivity index (χ4v) is 2.02. The molecule has 0 N–H and O–H groups in total. The molecule has 20 heavy (non-hydrogen) atoms. The fourth-order valence-electron chi connectivity index (χ4n) is 2.02. The molecule has 3 nitrogen and oxygen atoms in total. The molecule has 0 radical (unpaired) electrons. The summed E-state index contributed by atoms with van der Waals surface area (Å²) < 4.78 is 5.14. The van der Waals surface area contributed by atoms with Crippen molar-refractivity contribution in [1.82, 2.24) is 0 Å². The van der Waals surface area contributed by atoms with Crippen LogP contribution < -0.4 is 4.74 Å². The third-order valence-electron chi connectivity index (χ3n) is 3.60. The van der Waals surface area contributed by atoms with Gasteiger partial charge in [0.25, 0.3) is 0 Å². The molecular weight excluding hydrogens is 248 g/mol. The lowest BCUT2D eigenvalue weighted by Gasteiger charge is -2.19. The first-order valence-corrected chi connectivity index (χ1v) is 6.59. The first-order chi connectivity index (χ1) is 9.53. The van der Waals surface area contributed by atoms with Gasteiger partial charge in [0.1, 0.15) is 11.7 Å². The highest BCUT2D eigenvalue weighted by Crippen LogP contribution is 2.32. The minimum atomic E-state index is -0.641. The predicted octanol–water partition coefficient (Wildman–Crippen LogP) is 4.19. The maximum atomic E-state index is 9.20. The molecule has 0 saturated carbocycles. The van der Waals surface area contributed by atoms with Crippen molar-refractivity contribution in [2.75, 3.05) is 7.11 Å². The van der Waals surface area contributed by atoms with Gasteiger partial charge in [-0.25, -0.2) is 0 Å². The van der Waals surface area contributed by atoms with Crippen LogP contribution >= 0.6 is 0 Å². The molecule has 0 spiro atoms. The average molecular weight is 268 g/mol. The van der Waals surface area contributed by atoms with E-state index < -0.39 is 5.92 Å². The van der Waals surface area contributed by atoms with E-state index >= 15 is 0 Å². The van der Waals surface area contributed by atoms with Crippen LogP contribution in [0.1, 0.15) is 38.7 Å². The summed E-state index contributed by atoms with van der Waals surface area (Å²) in [5, 5.41) is 18.4. The van der Waals surface area contributed by atoms with Crippen LogP contribution in [0.2, 0.25) is 0 Å². The zero-order valence-electron chi connectivity index (χ0n) is 12.5. The highest BCUT2D eigenvalue weighted by Gasteiger charge is 2.23. The topological polar surface area (TPSA) is 56.8 Å². The zero-order chi connectivity index (χ0) is 15.1. The Morgan fingerprint density at radius 1 is 1.10 bits per heavy atom. The summed E-state index contributed by atoms with van der Waals surface area (Å²) in [4.78, 5) is 0. The summed E-state index contributed by atoms with van der Waals surface area (Å²) >= 11 is 0. The van der Waals surface area contributed by atoms with Crippen LogP contribution in [0.4, 0.5) is 0 Å². The van der Waals surface area contributed by atoms with Gasteiger partial charge in [-0.1, -0.05) is 23.3 Å². The molecule has 0 saturated heterocycles. The smallest absolute Gasteiger partial charge is 0.140 e. The lowest BCUT2D eigenvalue weighted by atomic mass is 9.82. The van der Waals surface area contributed by atoms with Crippen LogP contribution in [0.15, 0.2) is 35.4 Å². The van der Waals surface area contributed by atoms with Crippen LogP contribution in [0.5, 0.6) is 5.75 Å². The number of ether oxygens (including phenoxy) is 1. The molecule has 1 atom stereocenters. The lowest BCUT2D eigenvalue weighted by molar-refractivity contribution is 0.414. The molecule has 0 aliphatic heterocycles. The molecule has 0 unspecified atom stereocenters. The highest BCUT2D eigenvalue weighted by atomic mass is 16.5. The molecular formula is C17H20N2O. The first kappa shape index (κ1) is 15.8. The third kappa shape index (κ3) is 3.87. The zero-order valence-corrected chi connectivity index (χ0v) is 12.5. The number of nitrogens with zero attached hydrogens (tertiary/aromatic N) is 2. The Labute approximate surface area is 121 Å². The third-order valence-corrected chi connectivity index (χ3v) is 3.60. The minimum absolute atomic E-state index is 0.106. The molecule has 0 aromatic heterocycles. The van der Waals surface area contributed by atoms with Crippen molar-refractivity contribution in [3.8, 4) is 17.9 Å². The van der Waals surface area contributed by atoms with E-state index in [4.69, 9.17) is 4.74 Å². The second kappa shape index (κ2) is 7.36. The molecule has 0 fully saturated rings. The maximum absolute atomic E-state index is 9.20. The molecule has 0 aliphatic rings. The molecule has 1 aromatic carbocycles. The summed E-state index contributed by atoms with van der Waals surface area (Å²) in [5.74, 6) is 0.0282. The van der Waals surface area contributed by atoms with E-state index in [1.807, 2.05) is 38.1 Å². The van der Waals surface area contributed by atoms with Crippen molar-refractivity contribution in [2.45, 2.75) is 33.1 Å². The van der Waals surface area contributed by atoms with Gasteiger partial charge in [-0.05, 0) is 44.9 Å². The molecule has 0 amide bonds. The number of benzene rings is 1. The Kier molecular flexibility index (Phi) is 5.81. The summed E-state index contributed by atoms with van der Waals surface area (Å²) in [6.45, 7) is 6.15. The molecule has 0 bridgehead atoms. The Morgan fingerprint density at radius 3 is 2.05 bits per heavy atom. The normalized spacial score (nSPS) is 11.3. The largest absolute Gasteiger partial charge is 0.497 e. The SMILES string of the molecule is COc1ccc([C@@H](CC(C)=C(C)C)C(C#N)C#N)cc1. The lowest BCUT2D eigenvalue weighted by Crippen LogP contribution is -2.11. The van der Waals surface area contributed by atoms with Crippen LogP contribution in [0.25, 0.3) is 0 Å². The van der Waals surface area contributed by atoms with Gasteiger partial charge in [0.15, 0.2) is 0 Å². The van der Waals surface area contributed by atoms with Crippen molar-refractivity contribution < 1.29 is 4.74 Å². The van der Waals surface area contributed by atoms with E-state index in [1.54, 1.807) is 7.11 Å². The minimum Gasteiger partial charge on any atom is -0.497 e. The molecule has 0 aliphatic carbocycles. The van der Waals surface area contributed by atoms with Crippen molar-refractivity contribution in [3.05, 3.63) is 41.0 Å². The Bertz CT molecular complexity index is 540. The van der Waals surface area contributed by atoms with Crippen LogP contribution in [-0.4, -0.2) is 7.11 Å².